The highest BCUT2D eigenvalue weighted by atomic mass is 14.2. The van der Waals surface area contributed by atoms with Gasteiger partial charge < -0.3 is 0 Å². The Morgan fingerprint density at radius 2 is 1.57 bits per heavy atom. The molecule has 0 saturated heterocycles. The molecule has 0 amide bonds. The highest BCUT2D eigenvalue weighted by Gasteiger charge is 2.10. The fourth-order valence-corrected chi connectivity index (χ4v) is 2.45. The van der Waals surface area contributed by atoms with Crippen molar-refractivity contribution < 1.29 is 0 Å². The first kappa shape index (κ1) is 8.05. The Morgan fingerprint density at radius 1 is 0.857 bits per heavy atom. The molecule has 0 aromatic heterocycles. The molecule has 0 N–H and O–H groups in total. The summed E-state index contributed by atoms with van der Waals surface area (Å²) in [6, 6.07) is 11.5. The Kier molecular flexibility index (Phi) is 1.63. The van der Waals surface area contributed by atoms with Crippen molar-refractivity contribution in [2.45, 2.75) is 26.2 Å². The van der Waals surface area contributed by atoms with Gasteiger partial charge in [-0.1, -0.05) is 35.9 Å². The highest BCUT2D eigenvalue weighted by Crippen LogP contribution is 2.27. The normalized spacial score (nSPS) is 14.6. The van der Waals surface area contributed by atoms with Gasteiger partial charge in [0.2, 0.25) is 0 Å². The van der Waals surface area contributed by atoms with Crippen LogP contribution in [0.15, 0.2) is 30.3 Å². The lowest BCUT2D eigenvalue weighted by molar-refractivity contribution is 0.912. The predicted octanol–water partition coefficient (Wildman–Crippen LogP) is 3.64. The van der Waals surface area contributed by atoms with E-state index in [9.17, 15) is 0 Å². The van der Waals surface area contributed by atoms with Crippen molar-refractivity contribution in [3.8, 4) is 0 Å². The first-order valence-corrected chi connectivity index (χ1v) is 5.35. The first-order valence-electron chi connectivity index (χ1n) is 5.35. The zero-order valence-corrected chi connectivity index (χ0v) is 8.51. The van der Waals surface area contributed by atoms with Crippen LogP contribution in [0.3, 0.4) is 0 Å². The number of aryl methyl sites for hydroxylation is 3. The third-order valence-electron chi connectivity index (χ3n) is 3.21. The van der Waals surface area contributed by atoms with E-state index in [0.29, 0.717) is 0 Å². The van der Waals surface area contributed by atoms with Gasteiger partial charge in [-0.25, -0.2) is 0 Å². The van der Waals surface area contributed by atoms with Crippen LogP contribution in [0.1, 0.15) is 23.1 Å². The molecule has 0 unspecified atom stereocenters. The van der Waals surface area contributed by atoms with E-state index in [1.807, 2.05) is 0 Å². The van der Waals surface area contributed by atoms with E-state index in [1.54, 1.807) is 11.1 Å². The maximum atomic E-state index is 2.38. The van der Waals surface area contributed by atoms with Crippen molar-refractivity contribution in [2.75, 3.05) is 0 Å². The van der Waals surface area contributed by atoms with Crippen LogP contribution in [-0.2, 0) is 12.8 Å². The maximum Gasteiger partial charge on any atom is -0.0178 e. The molecular weight excluding hydrogens is 168 g/mol. The van der Waals surface area contributed by atoms with Gasteiger partial charge >= 0.3 is 0 Å². The SMILES string of the molecule is Cc1ccc2cc3c(cc2c1)CCC3. The van der Waals surface area contributed by atoms with Crippen molar-refractivity contribution in [1.29, 1.82) is 0 Å². The van der Waals surface area contributed by atoms with Crippen molar-refractivity contribution >= 4 is 10.8 Å². The van der Waals surface area contributed by atoms with E-state index in [-0.39, 0.29) is 0 Å². The number of hydrogen-bond acceptors (Lipinski definition) is 0. The molecule has 0 nitrogen and oxygen atoms in total. The molecule has 0 heterocycles. The van der Waals surface area contributed by atoms with Gasteiger partial charge in [-0.3, -0.25) is 0 Å². The summed E-state index contributed by atoms with van der Waals surface area (Å²) in [5.41, 5.74) is 4.50. The molecule has 0 fully saturated rings. The van der Waals surface area contributed by atoms with Gasteiger partial charge in [0, 0.05) is 0 Å². The minimum atomic E-state index is 1.28. The summed E-state index contributed by atoms with van der Waals surface area (Å²) in [6.07, 6.45) is 3.89. The summed E-state index contributed by atoms with van der Waals surface area (Å²) in [7, 11) is 0. The molecule has 1 aliphatic rings. The van der Waals surface area contributed by atoms with E-state index in [0.717, 1.165) is 0 Å². The summed E-state index contributed by atoms with van der Waals surface area (Å²) in [5, 5.41) is 2.81. The molecule has 3 rings (SSSR count). The second-order valence-corrected chi connectivity index (χ2v) is 4.33. The summed E-state index contributed by atoms with van der Waals surface area (Å²) >= 11 is 0. The zero-order chi connectivity index (χ0) is 9.54. The van der Waals surface area contributed by atoms with Crippen molar-refractivity contribution in [2.24, 2.45) is 0 Å². The average molecular weight is 182 g/mol. The topological polar surface area (TPSA) is 0 Å². The monoisotopic (exact) mass is 182 g/mol. The Balaban J connectivity index is 2.33. The molecule has 14 heavy (non-hydrogen) atoms. The molecule has 0 atom stereocenters. The molecule has 2 aromatic rings. The second kappa shape index (κ2) is 2.84. The van der Waals surface area contributed by atoms with Crippen LogP contribution in [0, 0.1) is 6.92 Å². The molecule has 2 aromatic carbocycles. The fourth-order valence-electron chi connectivity index (χ4n) is 2.45. The van der Waals surface area contributed by atoms with Crippen LogP contribution in [0.5, 0.6) is 0 Å². The third-order valence-corrected chi connectivity index (χ3v) is 3.21. The minimum Gasteiger partial charge on any atom is -0.0587 e. The van der Waals surface area contributed by atoms with Gasteiger partial charge in [0.05, 0.1) is 0 Å². The summed E-state index contributed by atoms with van der Waals surface area (Å²) in [5.74, 6) is 0. The molecule has 0 saturated carbocycles. The summed E-state index contributed by atoms with van der Waals surface area (Å²) in [6.45, 7) is 2.16. The number of fused-ring (bicyclic) bond motifs is 2. The molecule has 0 radical (unpaired) electrons. The van der Waals surface area contributed by atoms with Crippen LogP contribution >= 0.6 is 0 Å². The molecule has 0 heteroatoms. The van der Waals surface area contributed by atoms with Crippen LogP contribution in [-0.4, -0.2) is 0 Å². The Hall–Kier alpha value is -1.30. The van der Waals surface area contributed by atoms with E-state index in [4.69, 9.17) is 0 Å². The average Bonchev–Trinajstić information content (AvgIpc) is 2.61. The van der Waals surface area contributed by atoms with E-state index in [2.05, 4.69) is 37.3 Å². The number of rotatable bonds is 0. The van der Waals surface area contributed by atoms with Gasteiger partial charge in [0.15, 0.2) is 0 Å². The standard InChI is InChI=1S/C14H14/c1-10-5-6-13-8-11-3-2-4-12(11)9-14(13)7-10/h5-9H,2-4H2,1H3. The van der Waals surface area contributed by atoms with Gasteiger partial charge in [0.25, 0.3) is 0 Å². The zero-order valence-electron chi connectivity index (χ0n) is 8.51. The van der Waals surface area contributed by atoms with E-state index in [1.165, 1.54) is 35.6 Å². The second-order valence-electron chi connectivity index (χ2n) is 4.33. The maximum absolute atomic E-state index is 2.38. The predicted molar refractivity (Wildman–Crippen MR) is 60.7 cm³/mol. The lowest BCUT2D eigenvalue weighted by Gasteiger charge is -2.04. The van der Waals surface area contributed by atoms with Crippen molar-refractivity contribution in [3.05, 3.63) is 47.0 Å². The van der Waals surface area contributed by atoms with E-state index >= 15 is 0 Å². The number of hydrogen-bond donors (Lipinski definition) is 0. The summed E-state index contributed by atoms with van der Waals surface area (Å²) in [4.78, 5) is 0. The van der Waals surface area contributed by atoms with E-state index < -0.39 is 0 Å². The third kappa shape index (κ3) is 1.14. The highest BCUT2D eigenvalue weighted by molar-refractivity contribution is 5.85. The van der Waals surface area contributed by atoms with Crippen molar-refractivity contribution in [1.82, 2.24) is 0 Å². The largest absolute Gasteiger partial charge is 0.0587 e. The van der Waals surface area contributed by atoms with Gasteiger partial charge in [-0.2, -0.15) is 0 Å². The molecule has 0 spiro atoms. The summed E-state index contributed by atoms with van der Waals surface area (Å²) < 4.78 is 0. The smallest absolute Gasteiger partial charge is 0.0178 e. The lowest BCUT2D eigenvalue weighted by atomic mass is 10.0. The van der Waals surface area contributed by atoms with Gasteiger partial charge in [-0.05, 0) is 48.1 Å². The molecular formula is C14H14. The lowest BCUT2D eigenvalue weighted by Crippen LogP contribution is -1.83. The molecule has 0 bridgehead atoms. The Morgan fingerprint density at radius 3 is 2.36 bits per heavy atom. The van der Waals surface area contributed by atoms with Crippen LogP contribution < -0.4 is 0 Å². The number of benzene rings is 2. The molecule has 70 valence electrons. The van der Waals surface area contributed by atoms with Gasteiger partial charge in [-0.15, -0.1) is 0 Å². The minimum absolute atomic E-state index is 1.28. The van der Waals surface area contributed by atoms with Gasteiger partial charge in [0.1, 0.15) is 0 Å². The molecule has 0 aliphatic heterocycles. The van der Waals surface area contributed by atoms with Crippen LogP contribution in [0.4, 0.5) is 0 Å². The van der Waals surface area contributed by atoms with Crippen molar-refractivity contribution in [3.63, 3.8) is 0 Å². The fraction of sp³-hybridized carbons (Fsp3) is 0.286. The van der Waals surface area contributed by atoms with Crippen LogP contribution in [0.2, 0.25) is 0 Å². The Bertz CT molecular complexity index is 495. The first-order chi connectivity index (χ1) is 6.83. The quantitative estimate of drug-likeness (QED) is 0.583. The molecule has 1 aliphatic carbocycles. The Labute approximate surface area is 84.6 Å². The van der Waals surface area contributed by atoms with Crippen LogP contribution in [0.25, 0.3) is 10.8 Å².